The van der Waals surface area contributed by atoms with Crippen LogP contribution in [0.15, 0.2) is 59.9 Å². The first-order chi connectivity index (χ1) is 13.6. The highest BCUT2D eigenvalue weighted by Gasteiger charge is 2.37. The fourth-order valence-electron chi connectivity index (χ4n) is 3.06. The summed E-state index contributed by atoms with van der Waals surface area (Å²) in [6.07, 6.45) is -4.83. The third-order valence-electron chi connectivity index (χ3n) is 4.57. The van der Waals surface area contributed by atoms with Gasteiger partial charge in [-0.25, -0.2) is 0 Å². The zero-order valence-electron chi connectivity index (χ0n) is 15.6. The van der Waals surface area contributed by atoms with Crippen molar-refractivity contribution in [3.8, 4) is 5.75 Å². The topological polar surface area (TPSA) is 75.6 Å². The van der Waals surface area contributed by atoms with Gasteiger partial charge in [-0.3, -0.25) is 9.59 Å². The number of ether oxygens (including phenoxy) is 1. The molecule has 0 aromatic heterocycles. The molecule has 1 amide bonds. The number of carbonyl (C=O) groups excluding carboxylic acids is 2. The Morgan fingerprint density at radius 3 is 2.17 bits per heavy atom. The number of halogens is 3. The van der Waals surface area contributed by atoms with Gasteiger partial charge < -0.3 is 15.2 Å². The van der Waals surface area contributed by atoms with E-state index in [0.717, 1.165) is 17.7 Å². The smallest absolute Gasteiger partial charge is 0.503 e. The SMILES string of the molecule is CC(C)c1ccc(C(=O)C2=C(O)C(=O)NC2c2ccc(OC(F)(F)F)cc2)cc1. The summed E-state index contributed by atoms with van der Waals surface area (Å²) in [6, 6.07) is 10.5. The maximum atomic E-state index is 12.9. The number of hydrogen-bond acceptors (Lipinski definition) is 4. The normalized spacial score (nSPS) is 16.9. The fraction of sp³-hybridized carbons (Fsp3) is 0.238. The summed E-state index contributed by atoms with van der Waals surface area (Å²) in [7, 11) is 0. The van der Waals surface area contributed by atoms with E-state index in [0.29, 0.717) is 5.56 Å². The van der Waals surface area contributed by atoms with Gasteiger partial charge >= 0.3 is 6.36 Å². The van der Waals surface area contributed by atoms with E-state index in [4.69, 9.17) is 0 Å². The van der Waals surface area contributed by atoms with Crippen LogP contribution in [0.1, 0.15) is 47.3 Å². The molecule has 5 nitrogen and oxygen atoms in total. The summed E-state index contributed by atoms with van der Waals surface area (Å²) in [4.78, 5) is 24.9. The van der Waals surface area contributed by atoms with E-state index >= 15 is 0 Å². The minimum atomic E-state index is -4.83. The van der Waals surface area contributed by atoms with E-state index < -0.39 is 35.6 Å². The van der Waals surface area contributed by atoms with Crippen LogP contribution < -0.4 is 10.1 Å². The highest BCUT2D eigenvalue weighted by Crippen LogP contribution is 2.33. The first kappa shape index (κ1) is 20.4. The van der Waals surface area contributed by atoms with Crippen LogP contribution in [0.25, 0.3) is 0 Å². The van der Waals surface area contributed by atoms with Crippen molar-refractivity contribution in [3.63, 3.8) is 0 Å². The van der Waals surface area contributed by atoms with Gasteiger partial charge in [0.1, 0.15) is 5.75 Å². The van der Waals surface area contributed by atoms with Crippen LogP contribution >= 0.6 is 0 Å². The van der Waals surface area contributed by atoms with E-state index in [1.807, 2.05) is 13.8 Å². The number of benzene rings is 2. The van der Waals surface area contributed by atoms with E-state index in [1.165, 1.54) is 12.1 Å². The molecule has 8 heteroatoms. The quantitative estimate of drug-likeness (QED) is 0.715. The molecule has 2 N–H and O–H groups in total. The number of alkyl halides is 3. The van der Waals surface area contributed by atoms with Gasteiger partial charge in [-0.05, 0) is 29.2 Å². The van der Waals surface area contributed by atoms with Gasteiger partial charge in [-0.2, -0.15) is 0 Å². The Hall–Kier alpha value is -3.29. The summed E-state index contributed by atoms with van der Waals surface area (Å²) < 4.78 is 40.8. The number of carbonyl (C=O) groups is 2. The minimum Gasteiger partial charge on any atom is -0.503 e. The lowest BCUT2D eigenvalue weighted by molar-refractivity contribution is -0.274. The van der Waals surface area contributed by atoms with E-state index in [-0.39, 0.29) is 17.1 Å². The second-order valence-corrected chi connectivity index (χ2v) is 6.89. The van der Waals surface area contributed by atoms with Crippen LogP contribution in [0.5, 0.6) is 5.75 Å². The molecule has 29 heavy (non-hydrogen) atoms. The number of rotatable bonds is 5. The van der Waals surface area contributed by atoms with Gasteiger partial charge in [-0.1, -0.05) is 50.2 Å². The number of amides is 1. The van der Waals surface area contributed by atoms with Gasteiger partial charge in [0.15, 0.2) is 11.5 Å². The molecule has 1 unspecified atom stereocenters. The maximum Gasteiger partial charge on any atom is 0.573 e. The molecule has 1 atom stereocenters. The zero-order chi connectivity index (χ0) is 21.3. The lowest BCUT2D eigenvalue weighted by atomic mass is 9.92. The number of nitrogens with one attached hydrogen (secondary N) is 1. The molecule has 2 aromatic carbocycles. The molecule has 0 aliphatic carbocycles. The van der Waals surface area contributed by atoms with Crippen LogP contribution in [0.4, 0.5) is 13.2 Å². The molecule has 2 aromatic rings. The van der Waals surface area contributed by atoms with Crippen molar-refractivity contribution in [1.82, 2.24) is 5.32 Å². The van der Waals surface area contributed by atoms with Gasteiger partial charge in [0, 0.05) is 5.56 Å². The molecule has 0 spiro atoms. The largest absolute Gasteiger partial charge is 0.573 e. The van der Waals surface area contributed by atoms with E-state index in [9.17, 15) is 27.9 Å². The summed E-state index contributed by atoms with van der Waals surface area (Å²) in [5.41, 5.74) is 1.49. The molecule has 0 bridgehead atoms. The Labute approximate surface area is 164 Å². The first-order valence-corrected chi connectivity index (χ1v) is 8.81. The predicted molar refractivity (Wildman–Crippen MR) is 98.5 cm³/mol. The lowest BCUT2D eigenvalue weighted by Gasteiger charge is -2.16. The monoisotopic (exact) mass is 405 g/mol. The molecule has 152 valence electrons. The van der Waals surface area contributed by atoms with Crippen LogP contribution in [-0.2, 0) is 4.79 Å². The van der Waals surface area contributed by atoms with Crippen molar-refractivity contribution in [2.24, 2.45) is 0 Å². The molecule has 1 aliphatic heterocycles. The van der Waals surface area contributed by atoms with Crippen LogP contribution in [-0.4, -0.2) is 23.2 Å². The number of Topliss-reactive ketones (excluding diaryl/α,β-unsaturated/α-hetero) is 1. The van der Waals surface area contributed by atoms with Gasteiger partial charge in [-0.15, -0.1) is 13.2 Å². The minimum absolute atomic E-state index is 0.156. The molecule has 3 rings (SSSR count). The average Bonchev–Trinajstić information content (AvgIpc) is 2.95. The van der Waals surface area contributed by atoms with Crippen LogP contribution in [0.2, 0.25) is 0 Å². The number of aliphatic hydroxyl groups is 1. The Balaban J connectivity index is 1.90. The third kappa shape index (κ3) is 4.42. The van der Waals surface area contributed by atoms with Gasteiger partial charge in [0.2, 0.25) is 0 Å². The molecular weight excluding hydrogens is 387 g/mol. The highest BCUT2D eigenvalue weighted by atomic mass is 19.4. The zero-order valence-corrected chi connectivity index (χ0v) is 15.6. The first-order valence-electron chi connectivity index (χ1n) is 8.81. The Bertz CT molecular complexity index is 961. The number of ketones is 1. The highest BCUT2D eigenvalue weighted by molar-refractivity contribution is 6.16. The van der Waals surface area contributed by atoms with Crippen molar-refractivity contribution in [2.45, 2.75) is 32.2 Å². The Kier molecular flexibility index (Phi) is 5.37. The summed E-state index contributed by atoms with van der Waals surface area (Å²) >= 11 is 0. The Morgan fingerprint density at radius 2 is 1.66 bits per heavy atom. The predicted octanol–water partition coefficient (Wildman–Crippen LogP) is 4.57. The molecular formula is C21H18F3NO4. The molecule has 0 fully saturated rings. The standard InChI is InChI=1S/C21H18F3NO4/c1-11(2)12-3-5-14(6-4-12)18(26)16-17(25-20(28)19(16)27)13-7-9-15(10-8-13)29-21(22,23)24/h3-11,17,27H,1-2H3,(H,25,28). The molecule has 0 saturated carbocycles. The second-order valence-electron chi connectivity index (χ2n) is 6.89. The second kappa shape index (κ2) is 7.62. The van der Waals surface area contributed by atoms with E-state index in [2.05, 4.69) is 10.1 Å². The van der Waals surface area contributed by atoms with Crippen molar-refractivity contribution in [3.05, 3.63) is 76.6 Å². The van der Waals surface area contributed by atoms with Crippen molar-refractivity contribution < 1.29 is 32.6 Å². The lowest BCUT2D eigenvalue weighted by Crippen LogP contribution is -2.23. The maximum absolute atomic E-state index is 12.9. The summed E-state index contributed by atoms with van der Waals surface area (Å²) in [5, 5.41) is 12.6. The molecule has 1 heterocycles. The number of hydrogen-bond donors (Lipinski definition) is 2. The van der Waals surface area contributed by atoms with Crippen molar-refractivity contribution in [2.75, 3.05) is 0 Å². The van der Waals surface area contributed by atoms with Gasteiger partial charge in [0.25, 0.3) is 5.91 Å². The molecule has 0 radical (unpaired) electrons. The summed E-state index contributed by atoms with van der Waals surface area (Å²) in [6.45, 7) is 4.01. The van der Waals surface area contributed by atoms with Crippen LogP contribution in [0, 0.1) is 0 Å². The van der Waals surface area contributed by atoms with Gasteiger partial charge in [0.05, 0.1) is 11.6 Å². The summed E-state index contributed by atoms with van der Waals surface area (Å²) in [5.74, 6) is -2.24. The van der Waals surface area contributed by atoms with Crippen LogP contribution in [0.3, 0.4) is 0 Å². The fourth-order valence-corrected chi connectivity index (χ4v) is 3.06. The van der Waals surface area contributed by atoms with Crippen molar-refractivity contribution in [1.29, 1.82) is 0 Å². The Morgan fingerprint density at radius 1 is 1.07 bits per heavy atom. The molecule has 0 saturated heterocycles. The van der Waals surface area contributed by atoms with E-state index in [1.54, 1.807) is 24.3 Å². The third-order valence-corrected chi connectivity index (χ3v) is 4.57. The van der Waals surface area contributed by atoms with Crippen molar-refractivity contribution >= 4 is 11.7 Å². The average molecular weight is 405 g/mol. The number of aliphatic hydroxyl groups excluding tert-OH is 1. The molecule has 1 aliphatic rings.